The van der Waals surface area contributed by atoms with Crippen molar-refractivity contribution in [1.29, 1.82) is 0 Å². The molecule has 0 amide bonds. The Hall–Kier alpha value is -0.470. The lowest BCUT2D eigenvalue weighted by atomic mass is 10.3. The molecule has 1 aromatic heterocycles. The summed E-state index contributed by atoms with van der Waals surface area (Å²) < 4.78 is 27.1. The molecule has 0 aromatic carbocycles. The fraction of sp³-hybridized carbons (Fsp3) is 0.692. The minimum Gasteiger partial charge on any atom is -0.313 e. The Morgan fingerprint density at radius 1 is 1.30 bits per heavy atom. The smallest absolute Gasteiger partial charge is 0.252 e. The van der Waals surface area contributed by atoms with Crippen molar-refractivity contribution in [1.82, 2.24) is 14.5 Å². The van der Waals surface area contributed by atoms with Gasteiger partial charge in [-0.3, -0.25) is 0 Å². The number of nitrogens with zero attached hydrogens (tertiary/aromatic N) is 2. The number of thiophene rings is 1. The molecular weight excluding hydrogens is 294 g/mol. The molecule has 0 bridgehead atoms. The lowest BCUT2D eigenvalue weighted by molar-refractivity contribution is 0.222. The maximum atomic E-state index is 12.5. The molecule has 0 saturated carbocycles. The largest absolute Gasteiger partial charge is 0.313 e. The monoisotopic (exact) mass is 317 g/mol. The minimum atomic E-state index is -3.30. The summed E-state index contributed by atoms with van der Waals surface area (Å²) in [6.07, 6.45) is 1.08. The van der Waals surface area contributed by atoms with Gasteiger partial charge in [-0.25, -0.2) is 8.42 Å². The van der Waals surface area contributed by atoms with Gasteiger partial charge in [-0.15, -0.1) is 11.3 Å². The molecule has 1 aromatic rings. The second-order valence-electron chi connectivity index (χ2n) is 5.16. The van der Waals surface area contributed by atoms with Gasteiger partial charge in [-0.05, 0) is 37.0 Å². The predicted octanol–water partition coefficient (Wildman–Crippen LogP) is 1.18. The number of sulfonamides is 1. The number of hydrogen-bond donors (Lipinski definition) is 1. The fourth-order valence-electron chi connectivity index (χ4n) is 2.15. The standard InChI is InChI=1S/C13H23N3O2S2/c1-3-4-14-10-12-9-13(19-11-12)20(17,18)16-7-5-15(2)6-8-16/h9,11,14H,3-8,10H2,1-2H3. The molecule has 0 aliphatic carbocycles. The van der Waals surface area contributed by atoms with E-state index in [0.717, 1.165) is 38.2 Å². The average Bonchev–Trinajstić information content (AvgIpc) is 2.89. The summed E-state index contributed by atoms with van der Waals surface area (Å²) in [4.78, 5) is 2.15. The zero-order valence-electron chi connectivity index (χ0n) is 12.1. The molecule has 1 aliphatic heterocycles. The van der Waals surface area contributed by atoms with E-state index in [9.17, 15) is 8.42 Å². The average molecular weight is 317 g/mol. The summed E-state index contributed by atoms with van der Waals surface area (Å²) in [5, 5.41) is 5.23. The third-order valence-corrected chi connectivity index (χ3v) is 6.80. The van der Waals surface area contributed by atoms with E-state index >= 15 is 0 Å². The van der Waals surface area contributed by atoms with E-state index < -0.39 is 10.0 Å². The molecule has 20 heavy (non-hydrogen) atoms. The van der Waals surface area contributed by atoms with E-state index in [4.69, 9.17) is 0 Å². The molecule has 0 radical (unpaired) electrons. The van der Waals surface area contributed by atoms with E-state index in [1.807, 2.05) is 12.4 Å². The Labute approximate surface area is 125 Å². The Morgan fingerprint density at radius 2 is 2.00 bits per heavy atom. The maximum Gasteiger partial charge on any atom is 0.252 e. The quantitative estimate of drug-likeness (QED) is 0.801. The van der Waals surface area contributed by atoms with Crippen LogP contribution in [-0.2, 0) is 16.6 Å². The molecule has 7 heteroatoms. The number of nitrogens with one attached hydrogen (secondary N) is 1. The van der Waals surface area contributed by atoms with E-state index in [-0.39, 0.29) is 0 Å². The lowest BCUT2D eigenvalue weighted by Crippen LogP contribution is -2.46. The van der Waals surface area contributed by atoms with E-state index in [0.29, 0.717) is 17.3 Å². The van der Waals surface area contributed by atoms with Crippen LogP contribution in [0.1, 0.15) is 18.9 Å². The Balaban J connectivity index is 2.02. The molecule has 1 N–H and O–H groups in total. The van der Waals surface area contributed by atoms with Gasteiger partial charge in [-0.1, -0.05) is 6.92 Å². The first-order chi connectivity index (χ1) is 9.54. The zero-order chi connectivity index (χ0) is 14.6. The highest BCUT2D eigenvalue weighted by molar-refractivity contribution is 7.91. The van der Waals surface area contributed by atoms with Crippen LogP contribution in [0.25, 0.3) is 0 Å². The van der Waals surface area contributed by atoms with Gasteiger partial charge in [0.05, 0.1) is 0 Å². The van der Waals surface area contributed by atoms with Crippen molar-refractivity contribution in [2.75, 3.05) is 39.8 Å². The van der Waals surface area contributed by atoms with Crippen LogP contribution in [0, 0.1) is 0 Å². The number of hydrogen-bond acceptors (Lipinski definition) is 5. The lowest BCUT2D eigenvalue weighted by Gasteiger charge is -2.31. The van der Waals surface area contributed by atoms with Crippen LogP contribution < -0.4 is 5.32 Å². The molecule has 0 spiro atoms. The van der Waals surface area contributed by atoms with Crippen LogP contribution in [0.15, 0.2) is 15.7 Å². The SMILES string of the molecule is CCCNCc1csc(S(=O)(=O)N2CCN(C)CC2)c1. The summed E-state index contributed by atoms with van der Waals surface area (Å²) in [5.74, 6) is 0. The second-order valence-corrected chi connectivity index (χ2v) is 8.23. The minimum absolute atomic E-state index is 0.468. The zero-order valence-corrected chi connectivity index (χ0v) is 13.8. The van der Waals surface area contributed by atoms with Gasteiger partial charge in [0.2, 0.25) is 0 Å². The van der Waals surface area contributed by atoms with Crippen molar-refractivity contribution in [3.63, 3.8) is 0 Å². The maximum absolute atomic E-state index is 12.5. The summed E-state index contributed by atoms with van der Waals surface area (Å²) in [5.41, 5.74) is 1.05. The van der Waals surface area contributed by atoms with Crippen molar-refractivity contribution in [2.24, 2.45) is 0 Å². The molecule has 1 aliphatic rings. The molecule has 0 unspecified atom stereocenters. The molecule has 0 atom stereocenters. The van der Waals surface area contributed by atoms with E-state index in [2.05, 4.69) is 17.1 Å². The Bertz CT molecular complexity index is 519. The van der Waals surface area contributed by atoms with Crippen LogP contribution >= 0.6 is 11.3 Å². The Morgan fingerprint density at radius 3 is 2.65 bits per heavy atom. The highest BCUT2D eigenvalue weighted by atomic mass is 32.2. The molecule has 1 fully saturated rings. The highest BCUT2D eigenvalue weighted by Gasteiger charge is 2.28. The summed E-state index contributed by atoms with van der Waals surface area (Å²) >= 11 is 1.33. The van der Waals surface area contributed by atoms with Gasteiger partial charge in [-0.2, -0.15) is 4.31 Å². The molecule has 2 rings (SSSR count). The topological polar surface area (TPSA) is 52.7 Å². The number of piperazine rings is 1. The molecule has 5 nitrogen and oxygen atoms in total. The summed E-state index contributed by atoms with van der Waals surface area (Å²) in [6, 6.07) is 1.81. The van der Waals surface area contributed by atoms with Gasteiger partial charge < -0.3 is 10.2 Å². The van der Waals surface area contributed by atoms with Gasteiger partial charge in [0.25, 0.3) is 10.0 Å². The highest BCUT2D eigenvalue weighted by Crippen LogP contribution is 2.24. The second kappa shape index (κ2) is 7.00. The van der Waals surface area contributed by atoms with Crippen molar-refractivity contribution < 1.29 is 8.42 Å². The van der Waals surface area contributed by atoms with Crippen molar-refractivity contribution in [3.8, 4) is 0 Å². The van der Waals surface area contributed by atoms with Gasteiger partial charge in [0.15, 0.2) is 0 Å². The van der Waals surface area contributed by atoms with Crippen LogP contribution in [0.3, 0.4) is 0 Å². The third kappa shape index (κ3) is 3.79. The summed E-state index contributed by atoms with van der Waals surface area (Å²) in [6.45, 7) is 6.58. The summed E-state index contributed by atoms with van der Waals surface area (Å²) in [7, 11) is -1.28. The normalized spacial score (nSPS) is 18.5. The first kappa shape index (κ1) is 15.9. The van der Waals surface area contributed by atoms with Gasteiger partial charge >= 0.3 is 0 Å². The molecule has 114 valence electrons. The van der Waals surface area contributed by atoms with Gasteiger partial charge in [0.1, 0.15) is 4.21 Å². The van der Waals surface area contributed by atoms with Crippen molar-refractivity contribution >= 4 is 21.4 Å². The van der Waals surface area contributed by atoms with Crippen molar-refractivity contribution in [2.45, 2.75) is 24.1 Å². The van der Waals surface area contributed by atoms with Gasteiger partial charge in [0, 0.05) is 32.7 Å². The van der Waals surface area contributed by atoms with Crippen LogP contribution in [-0.4, -0.2) is 57.4 Å². The number of likely N-dealkylation sites (N-methyl/N-ethyl adjacent to an activating group) is 1. The number of rotatable bonds is 6. The third-order valence-electron chi connectivity index (χ3n) is 3.44. The van der Waals surface area contributed by atoms with Crippen LogP contribution in [0.5, 0.6) is 0 Å². The molecule has 2 heterocycles. The van der Waals surface area contributed by atoms with Crippen molar-refractivity contribution in [3.05, 3.63) is 17.0 Å². The van der Waals surface area contributed by atoms with Crippen LogP contribution in [0.2, 0.25) is 0 Å². The van der Waals surface area contributed by atoms with E-state index in [1.54, 1.807) is 10.4 Å². The molecule has 1 saturated heterocycles. The van der Waals surface area contributed by atoms with E-state index in [1.165, 1.54) is 11.3 Å². The van der Waals surface area contributed by atoms with Crippen LogP contribution in [0.4, 0.5) is 0 Å². The fourth-order valence-corrected chi connectivity index (χ4v) is 4.93. The Kier molecular flexibility index (Phi) is 5.57. The first-order valence-corrected chi connectivity index (χ1v) is 9.33. The first-order valence-electron chi connectivity index (χ1n) is 7.01. The molecular formula is C13H23N3O2S2. The predicted molar refractivity (Wildman–Crippen MR) is 82.6 cm³/mol.